The zero-order valence-corrected chi connectivity index (χ0v) is 18.2. The third-order valence-electron chi connectivity index (χ3n) is 4.64. The fraction of sp³-hybridized carbons (Fsp3) is 0.286. The van der Waals surface area contributed by atoms with Crippen molar-refractivity contribution in [2.45, 2.75) is 32.9 Å². The molecule has 0 bridgehead atoms. The largest absolute Gasteiger partial charge is 0.364 e. The number of amides is 2. The molecule has 0 saturated carbocycles. The van der Waals surface area contributed by atoms with Crippen LogP contribution in [0.4, 0.5) is 0 Å². The molecule has 0 aliphatic carbocycles. The molecular formula is C21H22BrN5O3. The van der Waals surface area contributed by atoms with Gasteiger partial charge in [0.1, 0.15) is 11.1 Å². The Labute approximate surface area is 182 Å². The molecule has 0 fully saturated rings. The molecule has 9 heteroatoms. The molecule has 156 valence electrons. The van der Waals surface area contributed by atoms with Crippen molar-refractivity contribution < 1.29 is 14.4 Å². The number of nitrogens with one attached hydrogen (secondary N) is 1. The molecule has 8 nitrogen and oxygen atoms in total. The summed E-state index contributed by atoms with van der Waals surface area (Å²) in [6, 6.07) is 11.7. The number of carbonyl (C=O) groups excluding carboxylic acids is 3. The topological polar surface area (TPSA) is 120 Å². The van der Waals surface area contributed by atoms with Gasteiger partial charge in [-0.2, -0.15) is 5.10 Å². The summed E-state index contributed by atoms with van der Waals surface area (Å²) >= 11 is 3.29. The minimum atomic E-state index is -0.671. The van der Waals surface area contributed by atoms with E-state index in [0.29, 0.717) is 21.2 Å². The molecule has 0 aliphatic heterocycles. The van der Waals surface area contributed by atoms with Gasteiger partial charge >= 0.3 is 0 Å². The van der Waals surface area contributed by atoms with Crippen LogP contribution in [0.3, 0.4) is 0 Å². The summed E-state index contributed by atoms with van der Waals surface area (Å²) in [6.07, 6.45) is 0.110. The van der Waals surface area contributed by atoms with Gasteiger partial charge < -0.3 is 11.1 Å². The molecule has 0 aliphatic rings. The van der Waals surface area contributed by atoms with Crippen LogP contribution >= 0.6 is 15.9 Å². The number of hydrogen-bond acceptors (Lipinski definition) is 5. The number of rotatable bonds is 8. The standard InChI is InChI=1S/C21H22BrN5O3/c1-12(2)19(16(28)10-13-6-5-9-17(22)24-13)25-18(29)11-27-15-8-4-3-7-14(15)20(26-27)21(23)30/h3-9,12,19H,10-11H2,1-2H3,(H2,23,30)(H,25,29)/t19-/m0/s1. The Morgan fingerprint density at radius 3 is 2.53 bits per heavy atom. The van der Waals surface area contributed by atoms with Crippen LogP contribution < -0.4 is 11.1 Å². The second kappa shape index (κ2) is 9.17. The quantitative estimate of drug-likeness (QED) is 0.488. The van der Waals surface area contributed by atoms with Crippen molar-refractivity contribution in [1.29, 1.82) is 0 Å². The average molecular weight is 472 g/mol. The number of Topliss-reactive ketones (excluding diaryl/α,β-unsaturated/α-hetero) is 1. The highest BCUT2D eigenvalue weighted by atomic mass is 79.9. The van der Waals surface area contributed by atoms with Crippen LogP contribution in [0.1, 0.15) is 30.0 Å². The Bertz CT molecular complexity index is 1110. The number of nitrogens with two attached hydrogens (primary N) is 1. The third-order valence-corrected chi connectivity index (χ3v) is 5.08. The lowest BCUT2D eigenvalue weighted by Crippen LogP contribution is -2.46. The molecule has 2 aromatic heterocycles. The van der Waals surface area contributed by atoms with E-state index in [1.165, 1.54) is 4.68 Å². The Kier molecular flexibility index (Phi) is 6.61. The van der Waals surface area contributed by atoms with Gasteiger partial charge in [-0.25, -0.2) is 4.98 Å². The van der Waals surface area contributed by atoms with Crippen LogP contribution in [0.5, 0.6) is 0 Å². The molecule has 30 heavy (non-hydrogen) atoms. The summed E-state index contributed by atoms with van der Waals surface area (Å²) in [5.41, 5.74) is 6.75. The van der Waals surface area contributed by atoms with Gasteiger partial charge in [0.15, 0.2) is 11.5 Å². The number of para-hydroxylation sites is 1. The third kappa shape index (κ3) is 4.91. The van der Waals surface area contributed by atoms with Gasteiger partial charge in [0.2, 0.25) is 5.91 Å². The molecule has 0 saturated heterocycles. The highest BCUT2D eigenvalue weighted by molar-refractivity contribution is 9.10. The first kappa shape index (κ1) is 21.6. The van der Waals surface area contributed by atoms with E-state index in [-0.39, 0.29) is 36.3 Å². The number of ketones is 1. The summed E-state index contributed by atoms with van der Waals surface area (Å²) in [7, 11) is 0. The van der Waals surface area contributed by atoms with E-state index in [0.717, 1.165) is 0 Å². The summed E-state index contributed by atoms with van der Waals surface area (Å²) in [5.74, 6) is -1.29. The Morgan fingerprint density at radius 1 is 1.13 bits per heavy atom. The molecule has 1 atom stereocenters. The van der Waals surface area contributed by atoms with Crippen LogP contribution in [0.15, 0.2) is 47.1 Å². The maximum Gasteiger partial charge on any atom is 0.269 e. The summed E-state index contributed by atoms with van der Waals surface area (Å²) in [6.45, 7) is 3.59. The van der Waals surface area contributed by atoms with Crippen molar-refractivity contribution in [3.05, 3.63) is 58.5 Å². The minimum Gasteiger partial charge on any atom is -0.364 e. The van der Waals surface area contributed by atoms with Crippen molar-refractivity contribution in [2.24, 2.45) is 11.7 Å². The molecule has 0 unspecified atom stereocenters. The summed E-state index contributed by atoms with van der Waals surface area (Å²) in [5, 5.41) is 7.56. The van der Waals surface area contributed by atoms with Crippen LogP contribution in [0, 0.1) is 5.92 Å². The van der Waals surface area contributed by atoms with Crippen LogP contribution in [-0.2, 0) is 22.6 Å². The lowest BCUT2D eigenvalue weighted by Gasteiger charge is -2.21. The van der Waals surface area contributed by atoms with E-state index < -0.39 is 11.9 Å². The van der Waals surface area contributed by atoms with E-state index in [4.69, 9.17) is 5.73 Å². The first-order valence-electron chi connectivity index (χ1n) is 9.45. The van der Waals surface area contributed by atoms with E-state index >= 15 is 0 Å². The van der Waals surface area contributed by atoms with Gasteiger partial charge in [-0.1, -0.05) is 38.1 Å². The first-order valence-corrected chi connectivity index (χ1v) is 10.2. The number of hydrogen-bond donors (Lipinski definition) is 2. The lowest BCUT2D eigenvalue weighted by molar-refractivity contribution is -0.129. The monoisotopic (exact) mass is 471 g/mol. The molecule has 1 aromatic carbocycles. The number of carbonyl (C=O) groups is 3. The normalized spacial score (nSPS) is 12.1. The van der Waals surface area contributed by atoms with Gasteiger partial charge in [0.25, 0.3) is 5.91 Å². The number of halogens is 1. The van der Waals surface area contributed by atoms with Gasteiger partial charge in [-0.05, 0) is 40.0 Å². The predicted octanol–water partition coefficient (Wildman–Crippen LogP) is 2.25. The van der Waals surface area contributed by atoms with Gasteiger partial charge in [-0.15, -0.1) is 0 Å². The van der Waals surface area contributed by atoms with E-state index in [9.17, 15) is 14.4 Å². The van der Waals surface area contributed by atoms with Gasteiger partial charge in [0, 0.05) is 11.1 Å². The molecule has 2 heterocycles. The minimum absolute atomic E-state index is 0.107. The lowest BCUT2D eigenvalue weighted by atomic mass is 9.96. The molecule has 3 aromatic rings. The Balaban J connectivity index is 1.75. The highest BCUT2D eigenvalue weighted by Crippen LogP contribution is 2.18. The van der Waals surface area contributed by atoms with Crippen molar-refractivity contribution >= 4 is 44.4 Å². The highest BCUT2D eigenvalue weighted by Gasteiger charge is 2.25. The number of aromatic nitrogens is 3. The molecular weight excluding hydrogens is 450 g/mol. The van der Waals surface area contributed by atoms with Crippen molar-refractivity contribution in [2.75, 3.05) is 0 Å². The van der Waals surface area contributed by atoms with Crippen LogP contribution in [0.2, 0.25) is 0 Å². The number of pyridine rings is 1. The fourth-order valence-electron chi connectivity index (χ4n) is 3.24. The van der Waals surface area contributed by atoms with Gasteiger partial charge in [0.05, 0.1) is 18.0 Å². The van der Waals surface area contributed by atoms with E-state index in [1.54, 1.807) is 36.4 Å². The maximum absolute atomic E-state index is 12.8. The Morgan fingerprint density at radius 2 is 1.87 bits per heavy atom. The van der Waals surface area contributed by atoms with Crippen LogP contribution in [-0.4, -0.2) is 38.4 Å². The van der Waals surface area contributed by atoms with Gasteiger partial charge in [-0.3, -0.25) is 19.1 Å². The fourth-order valence-corrected chi connectivity index (χ4v) is 3.62. The van der Waals surface area contributed by atoms with Crippen molar-refractivity contribution in [1.82, 2.24) is 20.1 Å². The smallest absolute Gasteiger partial charge is 0.269 e. The molecule has 0 spiro atoms. The molecule has 0 radical (unpaired) electrons. The SMILES string of the molecule is CC(C)[C@H](NC(=O)Cn1nc(C(N)=O)c2ccccc21)C(=O)Cc1cccc(Br)n1. The van der Waals surface area contributed by atoms with Crippen LogP contribution in [0.25, 0.3) is 10.9 Å². The first-order chi connectivity index (χ1) is 14.3. The predicted molar refractivity (Wildman–Crippen MR) is 116 cm³/mol. The second-order valence-corrected chi connectivity index (χ2v) is 8.08. The van der Waals surface area contributed by atoms with E-state index in [2.05, 4.69) is 31.3 Å². The number of nitrogens with zero attached hydrogens (tertiary/aromatic N) is 3. The molecule has 3 rings (SSSR count). The number of fused-ring (bicyclic) bond motifs is 1. The molecule has 2 amide bonds. The average Bonchev–Trinajstić information content (AvgIpc) is 3.04. The summed E-state index contributed by atoms with van der Waals surface area (Å²) < 4.78 is 2.07. The van der Waals surface area contributed by atoms with Crippen molar-refractivity contribution in [3.8, 4) is 0 Å². The number of benzene rings is 1. The van der Waals surface area contributed by atoms with E-state index in [1.807, 2.05) is 19.9 Å². The number of primary amides is 1. The molecule has 3 N–H and O–H groups in total. The zero-order chi connectivity index (χ0) is 21.8. The van der Waals surface area contributed by atoms with Crippen molar-refractivity contribution in [3.63, 3.8) is 0 Å². The maximum atomic E-state index is 12.8. The summed E-state index contributed by atoms with van der Waals surface area (Å²) in [4.78, 5) is 41.4. The Hall–Kier alpha value is -3.07. The second-order valence-electron chi connectivity index (χ2n) is 7.27. The zero-order valence-electron chi connectivity index (χ0n) is 16.6.